The zero-order valence-electron chi connectivity index (χ0n) is 8.11. The Bertz CT molecular complexity index is 539. The Balaban J connectivity index is 2.66. The maximum absolute atomic E-state index is 9.97. The van der Waals surface area contributed by atoms with Gasteiger partial charge in [-0.3, -0.25) is 0 Å². The molecule has 2 aromatic rings. The van der Waals surface area contributed by atoms with Gasteiger partial charge in [-0.05, 0) is 50.1 Å². The van der Waals surface area contributed by atoms with Crippen LogP contribution in [0.15, 0.2) is 45.3 Å². The number of halogens is 2. The van der Waals surface area contributed by atoms with Crippen molar-refractivity contribution in [3.8, 4) is 22.6 Å². The molecular weight excluding hydrogens is 336 g/mol. The molecule has 16 heavy (non-hydrogen) atoms. The van der Waals surface area contributed by atoms with Crippen LogP contribution in [-0.4, -0.2) is 10.2 Å². The molecular formula is C12H8Br2O2. The fraction of sp³-hybridized carbons (Fsp3) is 0. The van der Waals surface area contributed by atoms with Crippen LogP contribution >= 0.6 is 31.9 Å². The molecule has 0 aromatic heterocycles. The van der Waals surface area contributed by atoms with Crippen molar-refractivity contribution in [1.29, 1.82) is 0 Å². The van der Waals surface area contributed by atoms with Gasteiger partial charge in [0.1, 0.15) is 11.5 Å². The van der Waals surface area contributed by atoms with Gasteiger partial charge in [0.25, 0.3) is 0 Å². The van der Waals surface area contributed by atoms with E-state index in [0.29, 0.717) is 15.6 Å². The zero-order chi connectivity index (χ0) is 11.7. The summed E-state index contributed by atoms with van der Waals surface area (Å²) < 4.78 is 1.34. The summed E-state index contributed by atoms with van der Waals surface area (Å²) in [7, 11) is 0. The molecule has 0 aliphatic heterocycles. The Kier molecular flexibility index (Phi) is 3.21. The molecule has 4 heteroatoms. The van der Waals surface area contributed by atoms with Crippen molar-refractivity contribution in [1.82, 2.24) is 0 Å². The Morgan fingerprint density at radius 3 is 2.19 bits per heavy atom. The number of hydrogen-bond donors (Lipinski definition) is 2. The van der Waals surface area contributed by atoms with Gasteiger partial charge < -0.3 is 10.2 Å². The maximum atomic E-state index is 9.97. The Labute approximate surface area is 110 Å². The van der Waals surface area contributed by atoms with Crippen molar-refractivity contribution >= 4 is 31.9 Å². The maximum Gasteiger partial charge on any atom is 0.138 e. The van der Waals surface area contributed by atoms with Crippen LogP contribution in [0.2, 0.25) is 0 Å². The number of aromatic hydroxyl groups is 2. The van der Waals surface area contributed by atoms with Gasteiger partial charge in [0.2, 0.25) is 0 Å². The van der Waals surface area contributed by atoms with Crippen molar-refractivity contribution in [2.24, 2.45) is 0 Å². The number of rotatable bonds is 1. The van der Waals surface area contributed by atoms with Gasteiger partial charge in [-0.15, -0.1) is 0 Å². The summed E-state index contributed by atoms with van der Waals surface area (Å²) in [5.74, 6) is 0.253. The summed E-state index contributed by atoms with van der Waals surface area (Å²) in [6, 6.07) is 10.5. The van der Waals surface area contributed by atoms with E-state index in [4.69, 9.17) is 0 Å². The summed E-state index contributed by atoms with van der Waals surface area (Å²) >= 11 is 6.58. The average molecular weight is 344 g/mol. The van der Waals surface area contributed by atoms with Crippen LogP contribution in [0.25, 0.3) is 11.1 Å². The lowest BCUT2D eigenvalue weighted by molar-refractivity contribution is 0.467. The number of para-hydroxylation sites is 1. The molecule has 0 amide bonds. The predicted molar refractivity (Wildman–Crippen MR) is 70.6 cm³/mol. The standard InChI is InChI=1S/C12H8Br2O2/c13-9-6-5-8(12(16)11(9)14)7-3-1-2-4-10(7)15/h1-6,15-16H. The molecule has 0 heterocycles. The molecule has 0 atom stereocenters. The van der Waals surface area contributed by atoms with Crippen LogP contribution in [0.3, 0.4) is 0 Å². The van der Waals surface area contributed by atoms with Gasteiger partial charge in [0.05, 0.1) is 4.47 Å². The summed E-state index contributed by atoms with van der Waals surface area (Å²) in [5.41, 5.74) is 1.20. The first-order valence-electron chi connectivity index (χ1n) is 4.56. The first kappa shape index (κ1) is 11.5. The fourth-order valence-corrected chi connectivity index (χ4v) is 2.12. The minimum atomic E-state index is 0.107. The van der Waals surface area contributed by atoms with Gasteiger partial charge in [0, 0.05) is 15.6 Å². The minimum absolute atomic E-state index is 0.107. The van der Waals surface area contributed by atoms with Crippen LogP contribution in [-0.2, 0) is 0 Å². The molecule has 0 saturated carbocycles. The Hall–Kier alpha value is -1.00. The molecule has 2 rings (SSSR count). The second-order valence-corrected chi connectivity index (χ2v) is 4.92. The van der Waals surface area contributed by atoms with E-state index in [1.807, 2.05) is 12.1 Å². The monoisotopic (exact) mass is 342 g/mol. The molecule has 0 radical (unpaired) electrons. The molecule has 0 fully saturated rings. The third kappa shape index (κ3) is 1.95. The van der Waals surface area contributed by atoms with Crippen LogP contribution in [0.5, 0.6) is 11.5 Å². The molecule has 2 aromatic carbocycles. The lowest BCUT2D eigenvalue weighted by Gasteiger charge is -2.09. The molecule has 0 unspecified atom stereocenters. The van der Waals surface area contributed by atoms with E-state index >= 15 is 0 Å². The van der Waals surface area contributed by atoms with Gasteiger partial charge in [-0.2, -0.15) is 0 Å². The van der Waals surface area contributed by atoms with E-state index < -0.39 is 0 Å². The van der Waals surface area contributed by atoms with Crippen LogP contribution < -0.4 is 0 Å². The summed E-state index contributed by atoms with van der Waals surface area (Å²) in [4.78, 5) is 0. The summed E-state index contributed by atoms with van der Waals surface area (Å²) in [5, 5.41) is 19.7. The van der Waals surface area contributed by atoms with Crippen LogP contribution in [0, 0.1) is 0 Å². The number of hydrogen-bond acceptors (Lipinski definition) is 2. The highest BCUT2D eigenvalue weighted by Gasteiger charge is 2.12. The molecule has 2 nitrogen and oxygen atoms in total. The zero-order valence-corrected chi connectivity index (χ0v) is 11.3. The SMILES string of the molecule is Oc1ccccc1-c1ccc(Br)c(Br)c1O. The van der Waals surface area contributed by atoms with Gasteiger partial charge >= 0.3 is 0 Å². The quantitative estimate of drug-likeness (QED) is 0.810. The molecule has 0 bridgehead atoms. The Morgan fingerprint density at radius 2 is 1.50 bits per heavy atom. The van der Waals surface area contributed by atoms with E-state index in [0.717, 1.165) is 4.47 Å². The second-order valence-electron chi connectivity index (χ2n) is 3.27. The van der Waals surface area contributed by atoms with Gasteiger partial charge in [-0.25, -0.2) is 0 Å². The number of phenols is 2. The third-order valence-electron chi connectivity index (χ3n) is 2.26. The van der Waals surface area contributed by atoms with Crippen molar-refractivity contribution in [2.75, 3.05) is 0 Å². The Morgan fingerprint density at radius 1 is 0.812 bits per heavy atom. The molecule has 0 saturated heterocycles. The van der Waals surface area contributed by atoms with E-state index in [9.17, 15) is 10.2 Å². The van der Waals surface area contributed by atoms with Crippen LogP contribution in [0.1, 0.15) is 0 Å². The van der Waals surface area contributed by atoms with Gasteiger partial charge in [-0.1, -0.05) is 18.2 Å². The molecule has 2 N–H and O–H groups in total. The fourth-order valence-electron chi connectivity index (χ4n) is 1.46. The molecule has 0 spiro atoms. The van der Waals surface area contributed by atoms with Gasteiger partial charge in [0.15, 0.2) is 0 Å². The smallest absolute Gasteiger partial charge is 0.138 e. The third-order valence-corrected chi connectivity index (χ3v) is 4.26. The highest BCUT2D eigenvalue weighted by Crippen LogP contribution is 2.42. The first-order chi connectivity index (χ1) is 7.61. The van der Waals surface area contributed by atoms with E-state index in [-0.39, 0.29) is 11.5 Å². The molecule has 0 aliphatic carbocycles. The molecule has 0 aliphatic rings. The first-order valence-corrected chi connectivity index (χ1v) is 6.15. The van der Waals surface area contributed by atoms with E-state index in [1.54, 1.807) is 24.3 Å². The van der Waals surface area contributed by atoms with E-state index in [2.05, 4.69) is 31.9 Å². The average Bonchev–Trinajstić information content (AvgIpc) is 2.28. The van der Waals surface area contributed by atoms with Crippen molar-refractivity contribution in [2.45, 2.75) is 0 Å². The number of benzene rings is 2. The normalized spacial score (nSPS) is 10.4. The lowest BCUT2D eigenvalue weighted by Crippen LogP contribution is -1.82. The summed E-state index contributed by atoms with van der Waals surface area (Å²) in [6.07, 6.45) is 0. The van der Waals surface area contributed by atoms with Crippen LogP contribution in [0.4, 0.5) is 0 Å². The van der Waals surface area contributed by atoms with Crippen molar-refractivity contribution in [3.63, 3.8) is 0 Å². The largest absolute Gasteiger partial charge is 0.507 e. The lowest BCUT2D eigenvalue weighted by atomic mass is 10.0. The van der Waals surface area contributed by atoms with Crippen molar-refractivity contribution < 1.29 is 10.2 Å². The number of phenolic OH excluding ortho intramolecular Hbond substituents is 2. The summed E-state index contributed by atoms with van der Waals surface area (Å²) in [6.45, 7) is 0. The topological polar surface area (TPSA) is 40.5 Å². The highest BCUT2D eigenvalue weighted by atomic mass is 79.9. The second kappa shape index (κ2) is 4.47. The molecule has 82 valence electrons. The van der Waals surface area contributed by atoms with E-state index in [1.165, 1.54) is 0 Å². The predicted octanol–water partition coefficient (Wildman–Crippen LogP) is 4.29. The highest BCUT2D eigenvalue weighted by molar-refractivity contribution is 9.13. The minimum Gasteiger partial charge on any atom is -0.507 e. The van der Waals surface area contributed by atoms with Crippen molar-refractivity contribution in [3.05, 3.63) is 45.3 Å².